The lowest BCUT2D eigenvalue weighted by Crippen LogP contribution is -2.16. The first-order chi connectivity index (χ1) is 7.45. The summed E-state index contributed by atoms with van der Waals surface area (Å²) >= 11 is 0. The highest BCUT2D eigenvalue weighted by Crippen LogP contribution is 2.21. The summed E-state index contributed by atoms with van der Waals surface area (Å²) in [7, 11) is 0. The van der Waals surface area contributed by atoms with Gasteiger partial charge in [0.2, 0.25) is 0 Å². The van der Waals surface area contributed by atoms with Gasteiger partial charge in [-0.3, -0.25) is 0 Å². The van der Waals surface area contributed by atoms with Crippen LogP contribution in [0.5, 0.6) is 0 Å². The smallest absolute Gasteiger partial charge is 0.140 e. The number of nitrogens with zero attached hydrogens (tertiary/aromatic N) is 2. The third-order valence-corrected chi connectivity index (χ3v) is 2.68. The van der Waals surface area contributed by atoms with Crippen molar-refractivity contribution >= 4 is 0 Å². The molecule has 15 heavy (non-hydrogen) atoms. The molecule has 1 aromatic carbocycles. The van der Waals surface area contributed by atoms with Crippen LogP contribution in [0, 0.1) is 0 Å². The van der Waals surface area contributed by atoms with Crippen LogP contribution in [0.2, 0.25) is 0 Å². The van der Waals surface area contributed by atoms with Gasteiger partial charge in [-0.2, -0.15) is 0 Å². The van der Waals surface area contributed by atoms with Crippen molar-refractivity contribution in [2.75, 3.05) is 6.61 Å². The van der Waals surface area contributed by atoms with E-state index in [1.807, 2.05) is 24.4 Å². The van der Waals surface area contributed by atoms with Crippen molar-refractivity contribution in [3.63, 3.8) is 0 Å². The lowest BCUT2D eigenvalue weighted by atomic mass is 10.2. The molecule has 2 aromatic rings. The van der Waals surface area contributed by atoms with E-state index in [1.54, 1.807) is 0 Å². The molecule has 0 radical (unpaired) electrons. The van der Waals surface area contributed by atoms with E-state index in [1.165, 1.54) is 11.3 Å². The summed E-state index contributed by atoms with van der Waals surface area (Å²) in [6.45, 7) is 2.36. The quantitative estimate of drug-likeness (QED) is 0.704. The van der Waals surface area contributed by atoms with E-state index in [4.69, 9.17) is 4.74 Å². The monoisotopic (exact) mass is 200 g/mol. The molecule has 3 rings (SSSR count). The van der Waals surface area contributed by atoms with Gasteiger partial charge in [-0.1, -0.05) is 30.3 Å². The van der Waals surface area contributed by atoms with Crippen molar-refractivity contribution in [3.05, 3.63) is 42.2 Å². The molecule has 0 spiro atoms. The van der Waals surface area contributed by atoms with E-state index < -0.39 is 0 Å². The Morgan fingerprint density at radius 2 is 2.07 bits per heavy atom. The molecule has 3 heteroatoms. The average Bonchev–Trinajstić information content (AvgIpc) is 2.74. The van der Waals surface area contributed by atoms with Crippen LogP contribution in [-0.2, 0) is 17.9 Å². The Bertz CT molecular complexity index is 462. The maximum absolute atomic E-state index is 5.38. The van der Waals surface area contributed by atoms with E-state index >= 15 is 0 Å². The van der Waals surface area contributed by atoms with Crippen LogP contribution in [0.1, 0.15) is 5.69 Å². The molecule has 0 saturated heterocycles. The Morgan fingerprint density at radius 1 is 1.20 bits per heavy atom. The first-order valence-corrected chi connectivity index (χ1v) is 5.13. The number of aromatic nitrogens is 2. The van der Waals surface area contributed by atoms with E-state index in [-0.39, 0.29) is 0 Å². The number of imidazole rings is 1. The van der Waals surface area contributed by atoms with Gasteiger partial charge in [0.1, 0.15) is 5.82 Å². The fourth-order valence-corrected chi connectivity index (χ4v) is 1.93. The van der Waals surface area contributed by atoms with Gasteiger partial charge < -0.3 is 9.30 Å². The molecule has 2 heterocycles. The van der Waals surface area contributed by atoms with Crippen LogP contribution in [0.3, 0.4) is 0 Å². The summed E-state index contributed by atoms with van der Waals surface area (Å²) in [5.41, 5.74) is 2.34. The zero-order valence-corrected chi connectivity index (χ0v) is 8.39. The molecule has 0 aliphatic carbocycles. The SMILES string of the molecule is c1ccc(-c2ncc3n2CCOC3)cc1. The Hall–Kier alpha value is -1.61. The summed E-state index contributed by atoms with van der Waals surface area (Å²) in [4.78, 5) is 4.45. The van der Waals surface area contributed by atoms with Crippen LogP contribution >= 0.6 is 0 Å². The Kier molecular flexibility index (Phi) is 2.03. The van der Waals surface area contributed by atoms with Crippen molar-refractivity contribution < 1.29 is 4.74 Å². The molecular weight excluding hydrogens is 188 g/mol. The summed E-state index contributed by atoms with van der Waals surface area (Å²) in [5.74, 6) is 1.05. The van der Waals surface area contributed by atoms with E-state index in [2.05, 4.69) is 21.7 Å². The molecule has 0 N–H and O–H groups in total. The largest absolute Gasteiger partial charge is 0.373 e. The summed E-state index contributed by atoms with van der Waals surface area (Å²) in [6.07, 6.45) is 1.90. The van der Waals surface area contributed by atoms with Gasteiger partial charge >= 0.3 is 0 Å². The third-order valence-electron chi connectivity index (χ3n) is 2.68. The highest BCUT2D eigenvalue weighted by Gasteiger charge is 2.14. The van der Waals surface area contributed by atoms with Crippen LogP contribution < -0.4 is 0 Å². The lowest BCUT2D eigenvalue weighted by Gasteiger charge is -2.17. The molecule has 0 bridgehead atoms. The first kappa shape index (κ1) is 8.68. The predicted octanol–water partition coefficient (Wildman–Crippen LogP) is 2.08. The van der Waals surface area contributed by atoms with Crippen molar-refractivity contribution in [2.45, 2.75) is 13.2 Å². The van der Waals surface area contributed by atoms with Gasteiger partial charge in [0.05, 0.1) is 25.1 Å². The second-order valence-corrected chi connectivity index (χ2v) is 3.64. The highest BCUT2D eigenvalue weighted by molar-refractivity contribution is 5.55. The first-order valence-electron chi connectivity index (χ1n) is 5.13. The predicted molar refractivity (Wildman–Crippen MR) is 57.3 cm³/mol. The fourth-order valence-electron chi connectivity index (χ4n) is 1.93. The maximum atomic E-state index is 5.38. The molecular formula is C12H12N2O. The van der Waals surface area contributed by atoms with Crippen LogP contribution in [0.4, 0.5) is 0 Å². The summed E-state index contributed by atoms with van der Waals surface area (Å²) in [6, 6.07) is 10.3. The Balaban J connectivity index is 2.09. The summed E-state index contributed by atoms with van der Waals surface area (Å²) in [5, 5.41) is 0. The van der Waals surface area contributed by atoms with Crippen LogP contribution in [-0.4, -0.2) is 16.2 Å². The normalized spacial score (nSPS) is 14.9. The Labute approximate surface area is 88.3 Å². The van der Waals surface area contributed by atoms with Crippen molar-refractivity contribution in [2.24, 2.45) is 0 Å². The fraction of sp³-hybridized carbons (Fsp3) is 0.250. The molecule has 1 aliphatic rings. The minimum Gasteiger partial charge on any atom is -0.373 e. The topological polar surface area (TPSA) is 27.1 Å². The van der Waals surface area contributed by atoms with Crippen molar-refractivity contribution in [3.8, 4) is 11.4 Å². The van der Waals surface area contributed by atoms with Gasteiger partial charge in [0.15, 0.2) is 0 Å². The van der Waals surface area contributed by atoms with Gasteiger partial charge in [-0.05, 0) is 0 Å². The molecule has 0 atom stereocenters. The molecule has 1 aliphatic heterocycles. The zero-order chi connectivity index (χ0) is 10.1. The number of hydrogen-bond acceptors (Lipinski definition) is 2. The maximum Gasteiger partial charge on any atom is 0.140 e. The lowest BCUT2D eigenvalue weighted by molar-refractivity contribution is 0.0856. The third kappa shape index (κ3) is 1.45. The molecule has 0 amide bonds. The standard InChI is InChI=1S/C12H12N2O/c1-2-4-10(5-3-1)12-13-8-11-9-15-7-6-14(11)12/h1-5,8H,6-7,9H2. The number of hydrogen-bond donors (Lipinski definition) is 0. The van der Waals surface area contributed by atoms with Gasteiger partial charge in [-0.15, -0.1) is 0 Å². The number of fused-ring (bicyclic) bond motifs is 1. The van der Waals surface area contributed by atoms with Crippen molar-refractivity contribution in [1.82, 2.24) is 9.55 Å². The Morgan fingerprint density at radius 3 is 2.93 bits per heavy atom. The van der Waals surface area contributed by atoms with Gasteiger partial charge in [0, 0.05) is 12.1 Å². The minimum absolute atomic E-state index is 0.680. The van der Waals surface area contributed by atoms with Gasteiger partial charge in [0.25, 0.3) is 0 Å². The molecule has 1 aromatic heterocycles. The van der Waals surface area contributed by atoms with E-state index in [0.717, 1.165) is 19.0 Å². The summed E-state index contributed by atoms with van der Waals surface area (Å²) < 4.78 is 7.62. The van der Waals surface area contributed by atoms with E-state index in [9.17, 15) is 0 Å². The van der Waals surface area contributed by atoms with Crippen molar-refractivity contribution in [1.29, 1.82) is 0 Å². The minimum atomic E-state index is 0.680. The molecule has 0 fully saturated rings. The molecule has 0 saturated carbocycles. The molecule has 76 valence electrons. The number of benzene rings is 1. The molecule has 3 nitrogen and oxygen atoms in total. The second-order valence-electron chi connectivity index (χ2n) is 3.64. The van der Waals surface area contributed by atoms with Gasteiger partial charge in [-0.25, -0.2) is 4.98 Å². The number of ether oxygens (including phenoxy) is 1. The van der Waals surface area contributed by atoms with Crippen LogP contribution in [0.15, 0.2) is 36.5 Å². The second kappa shape index (κ2) is 3.51. The molecule has 0 unspecified atom stereocenters. The average molecular weight is 200 g/mol. The van der Waals surface area contributed by atoms with Crippen LogP contribution in [0.25, 0.3) is 11.4 Å². The highest BCUT2D eigenvalue weighted by atomic mass is 16.5. The number of rotatable bonds is 1. The van der Waals surface area contributed by atoms with E-state index in [0.29, 0.717) is 6.61 Å². The zero-order valence-electron chi connectivity index (χ0n) is 8.39.